The summed E-state index contributed by atoms with van der Waals surface area (Å²) in [7, 11) is 0. The summed E-state index contributed by atoms with van der Waals surface area (Å²) >= 11 is 0. The molecule has 1 aliphatic rings. The second-order valence-electron chi connectivity index (χ2n) is 4.81. The topological polar surface area (TPSA) is 71.8 Å². The summed E-state index contributed by atoms with van der Waals surface area (Å²) in [5, 5.41) is 6.06. The Morgan fingerprint density at radius 3 is 2.75 bits per heavy atom. The first kappa shape index (κ1) is 12.8. The maximum Gasteiger partial charge on any atom is 0.274 e. The molecule has 1 aliphatic heterocycles. The van der Waals surface area contributed by atoms with Gasteiger partial charge >= 0.3 is 0 Å². The van der Waals surface area contributed by atoms with E-state index in [1.54, 1.807) is 18.5 Å². The number of amides is 1. The van der Waals surface area contributed by atoms with Crippen molar-refractivity contribution in [3.63, 3.8) is 0 Å². The van der Waals surface area contributed by atoms with Crippen molar-refractivity contribution in [3.05, 3.63) is 42.5 Å². The SMILES string of the molecule is O=C(Nc1ncccn1)c1cccn1C1CCNCC1. The summed E-state index contributed by atoms with van der Waals surface area (Å²) in [6.07, 6.45) is 7.26. The lowest BCUT2D eigenvalue weighted by atomic mass is 10.1. The lowest BCUT2D eigenvalue weighted by molar-refractivity contribution is 0.101. The van der Waals surface area contributed by atoms with Gasteiger partial charge in [0.25, 0.3) is 5.91 Å². The zero-order valence-corrected chi connectivity index (χ0v) is 11.1. The van der Waals surface area contributed by atoms with Crippen molar-refractivity contribution < 1.29 is 4.79 Å². The predicted octanol–water partition coefficient (Wildman–Crippen LogP) is 1.45. The molecule has 0 bridgehead atoms. The molecular formula is C14H17N5O. The van der Waals surface area contributed by atoms with Gasteiger partial charge in [0.2, 0.25) is 5.95 Å². The average molecular weight is 271 g/mol. The van der Waals surface area contributed by atoms with E-state index in [0.29, 0.717) is 17.7 Å². The molecule has 1 fully saturated rings. The third-order valence-corrected chi connectivity index (χ3v) is 3.50. The van der Waals surface area contributed by atoms with Gasteiger partial charge in [0.15, 0.2) is 0 Å². The molecule has 1 saturated heterocycles. The molecule has 6 nitrogen and oxygen atoms in total. The van der Waals surface area contributed by atoms with Crippen LogP contribution in [0.2, 0.25) is 0 Å². The number of hydrogen-bond acceptors (Lipinski definition) is 4. The van der Waals surface area contributed by atoms with Crippen LogP contribution in [-0.4, -0.2) is 33.5 Å². The Morgan fingerprint density at radius 1 is 1.25 bits per heavy atom. The van der Waals surface area contributed by atoms with E-state index in [1.807, 2.05) is 18.3 Å². The first-order valence-electron chi connectivity index (χ1n) is 6.80. The number of anilines is 1. The lowest BCUT2D eigenvalue weighted by Gasteiger charge is -2.25. The van der Waals surface area contributed by atoms with Gasteiger partial charge in [0.1, 0.15) is 5.69 Å². The molecule has 0 radical (unpaired) electrons. The minimum absolute atomic E-state index is 0.167. The highest BCUT2D eigenvalue weighted by molar-refractivity contribution is 6.02. The highest BCUT2D eigenvalue weighted by atomic mass is 16.2. The van der Waals surface area contributed by atoms with E-state index in [0.717, 1.165) is 25.9 Å². The number of carbonyl (C=O) groups excluding carboxylic acids is 1. The highest BCUT2D eigenvalue weighted by Crippen LogP contribution is 2.21. The molecule has 0 aliphatic carbocycles. The molecule has 3 heterocycles. The average Bonchev–Trinajstić information content (AvgIpc) is 2.99. The molecule has 2 aromatic rings. The molecule has 3 rings (SSSR count). The van der Waals surface area contributed by atoms with Crippen LogP contribution < -0.4 is 10.6 Å². The van der Waals surface area contributed by atoms with E-state index < -0.39 is 0 Å². The highest BCUT2D eigenvalue weighted by Gasteiger charge is 2.20. The van der Waals surface area contributed by atoms with Crippen LogP contribution in [0.1, 0.15) is 29.4 Å². The molecule has 104 valence electrons. The summed E-state index contributed by atoms with van der Waals surface area (Å²) < 4.78 is 2.05. The van der Waals surface area contributed by atoms with Gasteiger partial charge in [-0.3, -0.25) is 10.1 Å². The Labute approximate surface area is 117 Å². The molecule has 6 heteroatoms. The molecular weight excluding hydrogens is 254 g/mol. The maximum absolute atomic E-state index is 12.3. The first-order valence-corrected chi connectivity index (χ1v) is 6.80. The second kappa shape index (κ2) is 5.83. The van der Waals surface area contributed by atoms with Crippen molar-refractivity contribution in [2.75, 3.05) is 18.4 Å². The minimum atomic E-state index is -0.167. The fourth-order valence-electron chi connectivity index (χ4n) is 2.52. The quantitative estimate of drug-likeness (QED) is 0.886. The third-order valence-electron chi connectivity index (χ3n) is 3.50. The Balaban J connectivity index is 1.77. The first-order chi connectivity index (χ1) is 9.84. The van der Waals surface area contributed by atoms with Crippen LogP contribution in [0.4, 0.5) is 5.95 Å². The van der Waals surface area contributed by atoms with E-state index in [4.69, 9.17) is 0 Å². The van der Waals surface area contributed by atoms with Crippen LogP contribution in [0.3, 0.4) is 0 Å². The fourth-order valence-corrected chi connectivity index (χ4v) is 2.52. The van der Waals surface area contributed by atoms with Gasteiger partial charge in [-0.05, 0) is 44.1 Å². The monoisotopic (exact) mass is 271 g/mol. The minimum Gasteiger partial charge on any atom is -0.340 e. The Kier molecular flexibility index (Phi) is 3.73. The Bertz CT molecular complexity index is 574. The van der Waals surface area contributed by atoms with Gasteiger partial charge in [-0.2, -0.15) is 0 Å². The van der Waals surface area contributed by atoms with Crippen molar-refractivity contribution >= 4 is 11.9 Å². The zero-order chi connectivity index (χ0) is 13.8. The van der Waals surface area contributed by atoms with Gasteiger partial charge in [0.05, 0.1) is 0 Å². The van der Waals surface area contributed by atoms with Crippen molar-refractivity contribution in [2.24, 2.45) is 0 Å². The lowest BCUT2D eigenvalue weighted by Crippen LogP contribution is -2.31. The summed E-state index contributed by atoms with van der Waals surface area (Å²) in [6.45, 7) is 1.98. The van der Waals surface area contributed by atoms with Crippen molar-refractivity contribution in [1.29, 1.82) is 0 Å². The van der Waals surface area contributed by atoms with Gasteiger partial charge < -0.3 is 9.88 Å². The summed E-state index contributed by atoms with van der Waals surface area (Å²) in [4.78, 5) is 20.3. The van der Waals surface area contributed by atoms with E-state index in [1.165, 1.54) is 0 Å². The molecule has 0 saturated carbocycles. The number of nitrogens with zero attached hydrogens (tertiary/aromatic N) is 3. The smallest absolute Gasteiger partial charge is 0.274 e. The number of hydrogen-bond donors (Lipinski definition) is 2. The molecule has 2 N–H and O–H groups in total. The number of piperidine rings is 1. The van der Waals surface area contributed by atoms with Crippen LogP contribution in [0.5, 0.6) is 0 Å². The second-order valence-corrected chi connectivity index (χ2v) is 4.81. The molecule has 2 aromatic heterocycles. The summed E-state index contributed by atoms with van der Waals surface area (Å²) in [5.74, 6) is 0.162. The molecule has 0 unspecified atom stereocenters. The van der Waals surface area contributed by atoms with Crippen LogP contribution in [0, 0.1) is 0 Å². The van der Waals surface area contributed by atoms with Gasteiger partial charge in [-0.1, -0.05) is 0 Å². The molecule has 0 spiro atoms. The van der Waals surface area contributed by atoms with Crippen molar-refractivity contribution in [1.82, 2.24) is 19.9 Å². The van der Waals surface area contributed by atoms with E-state index in [2.05, 4.69) is 25.2 Å². The van der Waals surface area contributed by atoms with Crippen molar-refractivity contribution in [3.8, 4) is 0 Å². The van der Waals surface area contributed by atoms with Crippen LogP contribution in [0.15, 0.2) is 36.8 Å². The van der Waals surface area contributed by atoms with Gasteiger partial charge in [0, 0.05) is 24.6 Å². The Morgan fingerprint density at radius 2 is 2.00 bits per heavy atom. The van der Waals surface area contributed by atoms with Gasteiger partial charge in [-0.25, -0.2) is 9.97 Å². The van der Waals surface area contributed by atoms with Crippen LogP contribution in [0.25, 0.3) is 0 Å². The van der Waals surface area contributed by atoms with Crippen LogP contribution in [-0.2, 0) is 0 Å². The molecule has 0 aromatic carbocycles. The predicted molar refractivity (Wildman–Crippen MR) is 75.6 cm³/mol. The van der Waals surface area contributed by atoms with E-state index >= 15 is 0 Å². The zero-order valence-electron chi connectivity index (χ0n) is 11.1. The largest absolute Gasteiger partial charge is 0.340 e. The third kappa shape index (κ3) is 2.70. The van der Waals surface area contributed by atoms with E-state index in [-0.39, 0.29) is 5.91 Å². The molecule has 20 heavy (non-hydrogen) atoms. The normalized spacial score (nSPS) is 16.0. The van der Waals surface area contributed by atoms with Gasteiger partial charge in [-0.15, -0.1) is 0 Å². The standard InChI is InChI=1S/C14H17N5O/c20-13(18-14-16-6-2-7-17-14)12-3-1-10-19(12)11-4-8-15-9-5-11/h1-3,6-7,10-11,15H,4-5,8-9H2,(H,16,17,18,20). The Hall–Kier alpha value is -2.21. The fraction of sp³-hybridized carbons (Fsp3) is 0.357. The number of nitrogens with one attached hydrogen (secondary N) is 2. The van der Waals surface area contributed by atoms with Crippen molar-refractivity contribution in [2.45, 2.75) is 18.9 Å². The van der Waals surface area contributed by atoms with E-state index in [9.17, 15) is 4.79 Å². The maximum atomic E-state index is 12.3. The molecule has 1 amide bonds. The number of rotatable bonds is 3. The number of aromatic nitrogens is 3. The summed E-state index contributed by atoms with van der Waals surface area (Å²) in [5.41, 5.74) is 0.657. The molecule has 0 atom stereocenters. The van der Waals surface area contributed by atoms with Crippen LogP contribution >= 0.6 is 0 Å². The number of carbonyl (C=O) groups is 1. The summed E-state index contributed by atoms with van der Waals surface area (Å²) in [6, 6.07) is 5.83.